The molecule has 1 aromatic rings. The van der Waals surface area contributed by atoms with E-state index in [0.717, 1.165) is 6.07 Å². The van der Waals surface area contributed by atoms with Gasteiger partial charge in [-0.15, -0.1) is 0 Å². The zero-order valence-electron chi connectivity index (χ0n) is 8.73. The van der Waals surface area contributed by atoms with E-state index in [0.29, 0.717) is 12.5 Å². The highest BCUT2D eigenvalue weighted by Crippen LogP contribution is 2.24. The standard InChI is InChI=1S/C11H14F3N/c1-6(2)3-10(15)8-4-7(12)5-9(13)11(8)14/h4-6,10H,3,15H2,1-2H3/t10-/m0/s1. The van der Waals surface area contributed by atoms with Crippen molar-refractivity contribution in [3.05, 3.63) is 35.1 Å². The zero-order valence-corrected chi connectivity index (χ0v) is 8.73. The van der Waals surface area contributed by atoms with Gasteiger partial charge in [-0.1, -0.05) is 13.8 Å². The Morgan fingerprint density at radius 2 is 1.80 bits per heavy atom. The SMILES string of the molecule is CC(C)C[C@H](N)c1cc(F)cc(F)c1F. The number of nitrogens with two attached hydrogens (primary N) is 1. The molecule has 0 aliphatic carbocycles. The molecule has 0 aliphatic rings. The highest BCUT2D eigenvalue weighted by atomic mass is 19.2. The first-order valence-corrected chi connectivity index (χ1v) is 4.81. The van der Waals surface area contributed by atoms with Gasteiger partial charge in [0.05, 0.1) is 0 Å². The Balaban J connectivity index is 3.02. The first kappa shape index (κ1) is 12.0. The van der Waals surface area contributed by atoms with E-state index in [1.807, 2.05) is 13.8 Å². The first-order valence-electron chi connectivity index (χ1n) is 4.81. The molecule has 0 bridgehead atoms. The predicted molar refractivity (Wildman–Crippen MR) is 52.7 cm³/mol. The van der Waals surface area contributed by atoms with Gasteiger partial charge in [0.1, 0.15) is 5.82 Å². The summed E-state index contributed by atoms with van der Waals surface area (Å²) in [7, 11) is 0. The molecule has 0 saturated heterocycles. The van der Waals surface area contributed by atoms with Crippen LogP contribution in [0.25, 0.3) is 0 Å². The van der Waals surface area contributed by atoms with Crippen molar-refractivity contribution in [3.63, 3.8) is 0 Å². The van der Waals surface area contributed by atoms with Crippen LogP contribution in [-0.4, -0.2) is 0 Å². The second-order valence-electron chi connectivity index (χ2n) is 4.03. The molecule has 0 heterocycles. The highest BCUT2D eigenvalue weighted by Gasteiger charge is 2.17. The van der Waals surface area contributed by atoms with Gasteiger partial charge in [0.25, 0.3) is 0 Å². The van der Waals surface area contributed by atoms with Crippen LogP contribution in [0.5, 0.6) is 0 Å². The molecule has 0 saturated carbocycles. The molecule has 0 amide bonds. The maximum atomic E-state index is 13.3. The van der Waals surface area contributed by atoms with Gasteiger partial charge in [-0.3, -0.25) is 0 Å². The number of benzene rings is 1. The summed E-state index contributed by atoms with van der Waals surface area (Å²) in [5, 5.41) is 0. The van der Waals surface area contributed by atoms with E-state index in [9.17, 15) is 13.2 Å². The van der Waals surface area contributed by atoms with Crippen LogP contribution < -0.4 is 5.73 Å². The molecular formula is C11H14F3N. The third-order valence-corrected chi connectivity index (χ3v) is 2.15. The number of hydrogen-bond acceptors (Lipinski definition) is 1. The summed E-state index contributed by atoms with van der Waals surface area (Å²) in [6, 6.07) is 0.794. The number of hydrogen-bond donors (Lipinski definition) is 1. The van der Waals surface area contributed by atoms with Gasteiger partial charge >= 0.3 is 0 Å². The number of halogens is 3. The molecule has 1 aromatic carbocycles. The van der Waals surface area contributed by atoms with E-state index in [4.69, 9.17) is 5.73 Å². The van der Waals surface area contributed by atoms with Crippen molar-refractivity contribution < 1.29 is 13.2 Å². The van der Waals surface area contributed by atoms with Crippen molar-refractivity contribution >= 4 is 0 Å². The molecule has 2 N–H and O–H groups in total. The fraction of sp³-hybridized carbons (Fsp3) is 0.455. The predicted octanol–water partition coefficient (Wildman–Crippen LogP) is 3.15. The van der Waals surface area contributed by atoms with Crippen LogP contribution in [0.4, 0.5) is 13.2 Å². The lowest BCUT2D eigenvalue weighted by Crippen LogP contribution is -2.15. The second kappa shape index (κ2) is 4.66. The summed E-state index contributed by atoms with van der Waals surface area (Å²) in [5.41, 5.74) is 5.57. The van der Waals surface area contributed by atoms with Gasteiger partial charge in [0.15, 0.2) is 11.6 Å². The van der Waals surface area contributed by atoms with Crippen LogP contribution in [-0.2, 0) is 0 Å². The van der Waals surface area contributed by atoms with Crippen molar-refractivity contribution in [1.82, 2.24) is 0 Å². The monoisotopic (exact) mass is 217 g/mol. The summed E-state index contributed by atoms with van der Waals surface area (Å²) >= 11 is 0. The summed E-state index contributed by atoms with van der Waals surface area (Å²) in [4.78, 5) is 0. The largest absolute Gasteiger partial charge is 0.324 e. The van der Waals surface area contributed by atoms with Crippen LogP contribution in [0, 0.1) is 23.4 Å². The molecule has 15 heavy (non-hydrogen) atoms. The lowest BCUT2D eigenvalue weighted by Gasteiger charge is -2.15. The number of rotatable bonds is 3. The van der Waals surface area contributed by atoms with E-state index in [2.05, 4.69) is 0 Å². The van der Waals surface area contributed by atoms with Gasteiger partial charge < -0.3 is 5.73 Å². The van der Waals surface area contributed by atoms with Crippen molar-refractivity contribution in [2.45, 2.75) is 26.3 Å². The molecule has 0 spiro atoms. The van der Waals surface area contributed by atoms with Gasteiger partial charge in [0.2, 0.25) is 0 Å². The maximum absolute atomic E-state index is 13.3. The van der Waals surface area contributed by atoms with Gasteiger partial charge in [-0.25, -0.2) is 13.2 Å². The van der Waals surface area contributed by atoms with Gasteiger partial charge in [-0.2, -0.15) is 0 Å². The molecule has 0 fully saturated rings. The van der Waals surface area contributed by atoms with E-state index in [1.165, 1.54) is 0 Å². The molecule has 1 rings (SSSR count). The third kappa shape index (κ3) is 2.96. The van der Waals surface area contributed by atoms with E-state index < -0.39 is 23.5 Å². The molecule has 4 heteroatoms. The highest BCUT2D eigenvalue weighted by molar-refractivity contribution is 5.23. The average molecular weight is 217 g/mol. The summed E-state index contributed by atoms with van der Waals surface area (Å²) in [5.74, 6) is -2.80. The van der Waals surface area contributed by atoms with Crippen molar-refractivity contribution in [1.29, 1.82) is 0 Å². The minimum atomic E-state index is -1.19. The lowest BCUT2D eigenvalue weighted by atomic mass is 9.97. The van der Waals surface area contributed by atoms with Crippen LogP contribution in [0.1, 0.15) is 31.9 Å². The third-order valence-electron chi connectivity index (χ3n) is 2.15. The zero-order chi connectivity index (χ0) is 11.6. The molecule has 84 valence electrons. The van der Waals surface area contributed by atoms with Crippen LogP contribution in [0.2, 0.25) is 0 Å². The molecule has 0 radical (unpaired) electrons. The normalized spacial score (nSPS) is 13.3. The molecule has 0 aliphatic heterocycles. The Bertz CT molecular complexity index is 350. The Kier molecular flexibility index (Phi) is 3.74. The minimum absolute atomic E-state index is 0.0961. The Morgan fingerprint density at radius 3 is 2.33 bits per heavy atom. The lowest BCUT2D eigenvalue weighted by molar-refractivity contribution is 0.449. The Hall–Kier alpha value is -1.03. The van der Waals surface area contributed by atoms with E-state index in [1.54, 1.807) is 0 Å². The van der Waals surface area contributed by atoms with Gasteiger partial charge in [0, 0.05) is 17.7 Å². The smallest absolute Gasteiger partial charge is 0.163 e. The summed E-state index contributed by atoms with van der Waals surface area (Å²) in [6.45, 7) is 3.82. The summed E-state index contributed by atoms with van der Waals surface area (Å²) in [6.07, 6.45) is 0.486. The average Bonchev–Trinajstić information content (AvgIpc) is 2.09. The molecule has 0 aromatic heterocycles. The first-order chi connectivity index (χ1) is 6.91. The van der Waals surface area contributed by atoms with Gasteiger partial charge in [-0.05, 0) is 18.4 Å². The Labute approximate surface area is 87.1 Å². The topological polar surface area (TPSA) is 26.0 Å². The minimum Gasteiger partial charge on any atom is -0.324 e. The fourth-order valence-electron chi connectivity index (χ4n) is 1.48. The van der Waals surface area contributed by atoms with Crippen molar-refractivity contribution in [2.24, 2.45) is 11.7 Å². The van der Waals surface area contributed by atoms with Crippen LogP contribution in [0.15, 0.2) is 12.1 Å². The van der Waals surface area contributed by atoms with E-state index >= 15 is 0 Å². The second-order valence-corrected chi connectivity index (χ2v) is 4.03. The quantitative estimate of drug-likeness (QED) is 0.773. The molecule has 0 unspecified atom stereocenters. The molecular weight excluding hydrogens is 203 g/mol. The van der Waals surface area contributed by atoms with Crippen molar-refractivity contribution in [2.75, 3.05) is 0 Å². The van der Waals surface area contributed by atoms with Crippen LogP contribution in [0.3, 0.4) is 0 Å². The Morgan fingerprint density at radius 1 is 1.20 bits per heavy atom. The molecule has 1 nitrogen and oxygen atoms in total. The molecule has 1 atom stereocenters. The fourth-order valence-corrected chi connectivity index (χ4v) is 1.48. The summed E-state index contributed by atoms with van der Waals surface area (Å²) < 4.78 is 39.0. The van der Waals surface area contributed by atoms with E-state index in [-0.39, 0.29) is 11.5 Å². The maximum Gasteiger partial charge on any atom is 0.163 e. The van der Waals surface area contributed by atoms with Crippen molar-refractivity contribution in [3.8, 4) is 0 Å². The van der Waals surface area contributed by atoms with Crippen LogP contribution >= 0.6 is 0 Å².